The molecule has 6 nitrogen and oxygen atoms in total. The van der Waals surface area contributed by atoms with E-state index in [4.69, 9.17) is 11.6 Å². The van der Waals surface area contributed by atoms with Gasteiger partial charge in [-0.2, -0.15) is 4.31 Å². The Balaban J connectivity index is 1.32. The Morgan fingerprint density at radius 3 is 2.55 bits per heavy atom. The Hall–Kier alpha value is -1.45. The molecule has 1 N–H and O–H groups in total. The van der Waals surface area contributed by atoms with Crippen LogP contribution in [-0.4, -0.2) is 56.8 Å². The maximum Gasteiger partial charge on any atom is 0.252 e. The fourth-order valence-corrected chi connectivity index (χ4v) is 6.91. The maximum absolute atomic E-state index is 12.7. The van der Waals surface area contributed by atoms with Gasteiger partial charge in [-0.25, -0.2) is 8.42 Å². The van der Waals surface area contributed by atoms with Gasteiger partial charge in [-0.15, -0.1) is 11.3 Å². The number of hydrogen-bond acceptors (Lipinski definition) is 5. The zero-order chi connectivity index (χ0) is 22.3. The molecule has 1 aliphatic rings. The van der Waals surface area contributed by atoms with Gasteiger partial charge in [-0.3, -0.25) is 4.79 Å². The Bertz CT molecular complexity index is 942. The van der Waals surface area contributed by atoms with Gasteiger partial charge < -0.3 is 10.2 Å². The third kappa shape index (κ3) is 7.29. The second-order valence-corrected chi connectivity index (χ2v) is 11.9. The predicted molar refractivity (Wildman–Crippen MR) is 126 cm³/mol. The Kier molecular flexibility index (Phi) is 8.92. The van der Waals surface area contributed by atoms with Crippen molar-refractivity contribution in [1.82, 2.24) is 14.5 Å². The highest BCUT2D eigenvalue weighted by Crippen LogP contribution is 2.31. The molecule has 1 fully saturated rings. The number of carbonyl (C=O) groups is 1. The van der Waals surface area contributed by atoms with Crippen LogP contribution in [0.15, 0.2) is 46.7 Å². The average molecular weight is 484 g/mol. The molecular weight excluding hydrogens is 454 g/mol. The number of carbonyl (C=O) groups excluding carboxylic acids is 1. The van der Waals surface area contributed by atoms with Crippen molar-refractivity contribution in [1.29, 1.82) is 0 Å². The first kappa shape index (κ1) is 24.2. The van der Waals surface area contributed by atoms with Crippen LogP contribution in [0.3, 0.4) is 0 Å². The van der Waals surface area contributed by atoms with Crippen LogP contribution in [0.5, 0.6) is 0 Å². The third-order valence-corrected chi connectivity index (χ3v) is 9.12. The number of piperidine rings is 1. The van der Waals surface area contributed by atoms with E-state index in [1.807, 2.05) is 18.2 Å². The van der Waals surface area contributed by atoms with Crippen molar-refractivity contribution in [2.24, 2.45) is 5.92 Å². The van der Waals surface area contributed by atoms with E-state index in [1.54, 1.807) is 12.1 Å². The van der Waals surface area contributed by atoms with Crippen LogP contribution in [0.25, 0.3) is 0 Å². The van der Waals surface area contributed by atoms with E-state index in [2.05, 4.69) is 29.4 Å². The van der Waals surface area contributed by atoms with Gasteiger partial charge in [-0.05, 0) is 56.5 Å². The monoisotopic (exact) mass is 483 g/mol. The van der Waals surface area contributed by atoms with Crippen molar-refractivity contribution in [2.75, 3.05) is 33.2 Å². The maximum atomic E-state index is 12.7. The Labute approximate surface area is 194 Å². The number of sulfonamides is 1. The molecule has 2 aromatic rings. The van der Waals surface area contributed by atoms with Gasteiger partial charge in [0.15, 0.2) is 0 Å². The number of nitrogens with one attached hydrogen (secondary N) is 1. The molecule has 2 heterocycles. The molecule has 0 radical (unpaired) electrons. The lowest BCUT2D eigenvalue weighted by Gasteiger charge is -2.30. The number of rotatable bonds is 10. The topological polar surface area (TPSA) is 69.7 Å². The molecule has 0 bridgehead atoms. The summed E-state index contributed by atoms with van der Waals surface area (Å²) < 4.78 is 27.6. The number of benzene rings is 1. The van der Waals surface area contributed by atoms with Crippen molar-refractivity contribution in [3.05, 3.63) is 52.4 Å². The molecule has 1 saturated heterocycles. The SMILES string of the molecule is CN(CCCNC(=O)CC1CCN(S(=O)(=O)c2ccc(Cl)s2)CC1)Cc1ccccc1. The van der Waals surface area contributed by atoms with Crippen LogP contribution in [0.2, 0.25) is 4.34 Å². The number of halogens is 1. The van der Waals surface area contributed by atoms with E-state index >= 15 is 0 Å². The van der Waals surface area contributed by atoms with Gasteiger partial charge in [0.2, 0.25) is 5.91 Å². The summed E-state index contributed by atoms with van der Waals surface area (Å²) in [7, 11) is -1.40. The van der Waals surface area contributed by atoms with Crippen molar-refractivity contribution < 1.29 is 13.2 Å². The van der Waals surface area contributed by atoms with Gasteiger partial charge >= 0.3 is 0 Å². The molecule has 1 amide bonds. The normalized spacial score (nSPS) is 16.0. The smallest absolute Gasteiger partial charge is 0.252 e. The summed E-state index contributed by atoms with van der Waals surface area (Å²) >= 11 is 6.96. The molecule has 0 atom stereocenters. The first-order chi connectivity index (χ1) is 14.8. The Morgan fingerprint density at radius 1 is 1.19 bits per heavy atom. The van der Waals surface area contributed by atoms with E-state index in [9.17, 15) is 13.2 Å². The van der Waals surface area contributed by atoms with Crippen LogP contribution < -0.4 is 5.32 Å². The third-order valence-electron chi connectivity index (χ3n) is 5.52. The van der Waals surface area contributed by atoms with Crippen LogP contribution in [0, 0.1) is 5.92 Å². The number of nitrogens with zero attached hydrogens (tertiary/aromatic N) is 2. The fraction of sp³-hybridized carbons (Fsp3) is 0.500. The molecule has 9 heteroatoms. The lowest BCUT2D eigenvalue weighted by Crippen LogP contribution is -2.39. The van der Waals surface area contributed by atoms with E-state index in [1.165, 1.54) is 9.87 Å². The van der Waals surface area contributed by atoms with E-state index in [0.717, 1.165) is 30.8 Å². The summed E-state index contributed by atoms with van der Waals surface area (Å²) in [6.07, 6.45) is 2.75. The van der Waals surface area contributed by atoms with Gasteiger partial charge in [0.1, 0.15) is 4.21 Å². The van der Waals surface area contributed by atoms with Crippen molar-refractivity contribution in [2.45, 2.75) is 36.4 Å². The standard InChI is InChI=1S/C22H30ClN3O3S2/c1-25(17-19-6-3-2-4-7-19)13-5-12-24-21(27)16-18-10-14-26(15-11-18)31(28,29)22-9-8-20(23)30-22/h2-4,6-9,18H,5,10-17H2,1H3,(H,24,27). The highest BCUT2D eigenvalue weighted by molar-refractivity contribution is 7.91. The first-order valence-corrected chi connectivity index (χ1v) is 13.2. The lowest BCUT2D eigenvalue weighted by molar-refractivity contribution is -0.122. The number of hydrogen-bond donors (Lipinski definition) is 1. The molecule has 0 unspecified atom stereocenters. The molecule has 1 aromatic carbocycles. The first-order valence-electron chi connectivity index (χ1n) is 10.6. The van der Waals surface area contributed by atoms with Crippen molar-refractivity contribution in [3.8, 4) is 0 Å². The highest BCUT2D eigenvalue weighted by atomic mass is 35.5. The molecule has 31 heavy (non-hydrogen) atoms. The lowest BCUT2D eigenvalue weighted by atomic mass is 9.94. The van der Waals surface area contributed by atoms with Crippen molar-refractivity contribution >= 4 is 38.9 Å². The summed E-state index contributed by atoms with van der Waals surface area (Å²) in [6, 6.07) is 13.5. The second-order valence-electron chi connectivity index (χ2n) is 8.04. The fourth-order valence-electron chi connectivity index (χ4n) is 3.80. The summed E-state index contributed by atoms with van der Waals surface area (Å²) in [6.45, 7) is 3.36. The van der Waals surface area contributed by atoms with E-state index in [-0.39, 0.29) is 16.0 Å². The van der Waals surface area contributed by atoms with Gasteiger partial charge in [0.05, 0.1) is 4.34 Å². The average Bonchev–Trinajstić information content (AvgIpc) is 3.20. The molecule has 3 rings (SSSR count). The zero-order valence-electron chi connectivity index (χ0n) is 17.8. The number of amides is 1. The molecule has 0 spiro atoms. The van der Waals surface area contributed by atoms with Crippen LogP contribution in [0.4, 0.5) is 0 Å². The quantitative estimate of drug-likeness (QED) is 0.521. The molecular formula is C22H30ClN3O3S2. The number of thiophene rings is 1. The largest absolute Gasteiger partial charge is 0.356 e. The van der Waals surface area contributed by atoms with Crippen LogP contribution in [0.1, 0.15) is 31.2 Å². The summed E-state index contributed by atoms with van der Waals surface area (Å²) in [4.78, 5) is 14.5. The highest BCUT2D eigenvalue weighted by Gasteiger charge is 2.31. The molecule has 170 valence electrons. The minimum atomic E-state index is -3.48. The van der Waals surface area contributed by atoms with E-state index < -0.39 is 10.0 Å². The van der Waals surface area contributed by atoms with Gasteiger partial charge in [0, 0.05) is 32.6 Å². The predicted octanol–water partition coefficient (Wildman–Crippen LogP) is 3.83. The minimum Gasteiger partial charge on any atom is -0.356 e. The minimum absolute atomic E-state index is 0.0528. The molecule has 1 aliphatic heterocycles. The van der Waals surface area contributed by atoms with Gasteiger partial charge in [0.25, 0.3) is 10.0 Å². The van der Waals surface area contributed by atoms with Crippen LogP contribution in [-0.2, 0) is 21.4 Å². The molecule has 1 aromatic heterocycles. The Morgan fingerprint density at radius 2 is 1.90 bits per heavy atom. The summed E-state index contributed by atoms with van der Waals surface area (Å²) in [5, 5.41) is 3.01. The van der Waals surface area contributed by atoms with Gasteiger partial charge in [-0.1, -0.05) is 41.9 Å². The second kappa shape index (κ2) is 11.4. The summed E-state index contributed by atoms with van der Waals surface area (Å²) in [5.74, 6) is 0.274. The molecule has 0 saturated carbocycles. The van der Waals surface area contributed by atoms with Crippen LogP contribution >= 0.6 is 22.9 Å². The van der Waals surface area contributed by atoms with E-state index in [0.29, 0.717) is 43.2 Å². The zero-order valence-corrected chi connectivity index (χ0v) is 20.2. The summed E-state index contributed by atoms with van der Waals surface area (Å²) in [5.41, 5.74) is 1.28. The van der Waals surface area contributed by atoms with Crippen molar-refractivity contribution in [3.63, 3.8) is 0 Å². The molecule has 0 aliphatic carbocycles.